The molecule has 3 aromatic rings. The molecule has 3 rings (SSSR count). The molecule has 0 amide bonds. The molecular formula is C16H14N2O3. The molecule has 0 bridgehead atoms. The van der Waals surface area contributed by atoms with Crippen molar-refractivity contribution in [2.45, 2.75) is 0 Å². The van der Waals surface area contributed by atoms with Crippen molar-refractivity contribution in [1.82, 2.24) is 9.97 Å². The first-order valence-corrected chi connectivity index (χ1v) is 6.43. The molecule has 0 aliphatic rings. The van der Waals surface area contributed by atoms with Gasteiger partial charge in [-0.2, -0.15) is 0 Å². The summed E-state index contributed by atoms with van der Waals surface area (Å²) in [5.41, 5.74) is 1.70. The summed E-state index contributed by atoms with van der Waals surface area (Å²) in [5.74, 6) is 1.20. The first kappa shape index (κ1) is 13.2. The van der Waals surface area contributed by atoms with E-state index in [2.05, 4.69) is 9.97 Å². The summed E-state index contributed by atoms with van der Waals surface area (Å²) in [7, 11) is 3.15. The lowest BCUT2D eigenvalue weighted by Gasteiger charge is -2.02. The first-order valence-electron chi connectivity index (χ1n) is 6.43. The van der Waals surface area contributed by atoms with Crippen LogP contribution in [0.1, 0.15) is 16.1 Å². The molecule has 1 N–H and O–H groups in total. The zero-order valence-electron chi connectivity index (χ0n) is 11.7. The fraction of sp³-hybridized carbons (Fsp3) is 0.125. The van der Waals surface area contributed by atoms with Gasteiger partial charge in [0.25, 0.3) is 0 Å². The molecule has 2 heterocycles. The fourth-order valence-corrected chi connectivity index (χ4v) is 2.15. The van der Waals surface area contributed by atoms with Crippen LogP contribution < -0.4 is 9.47 Å². The van der Waals surface area contributed by atoms with E-state index in [1.165, 1.54) is 0 Å². The van der Waals surface area contributed by atoms with E-state index < -0.39 is 0 Å². The highest BCUT2D eigenvalue weighted by Crippen LogP contribution is 2.21. The zero-order valence-corrected chi connectivity index (χ0v) is 11.7. The van der Waals surface area contributed by atoms with Gasteiger partial charge >= 0.3 is 0 Å². The van der Waals surface area contributed by atoms with Crippen LogP contribution in [0.3, 0.4) is 0 Å². The summed E-state index contributed by atoms with van der Waals surface area (Å²) in [6, 6.07) is 10.7. The highest BCUT2D eigenvalue weighted by Gasteiger charge is 2.13. The number of carbonyl (C=O) groups is 1. The number of H-pyrrole nitrogens is 1. The van der Waals surface area contributed by atoms with Crippen LogP contribution in [-0.4, -0.2) is 30.0 Å². The van der Waals surface area contributed by atoms with Crippen LogP contribution in [0.4, 0.5) is 0 Å². The zero-order chi connectivity index (χ0) is 14.8. The van der Waals surface area contributed by atoms with Crippen molar-refractivity contribution in [2.75, 3.05) is 14.2 Å². The van der Waals surface area contributed by atoms with Crippen molar-refractivity contribution in [3.63, 3.8) is 0 Å². The van der Waals surface area contributed by atoms with Crippen LogP contribution in [0.25, 0.3) is 11.0 Å². The predicted molar refractivity (Wildman–Crippen MR) is 79.1 cm³/mol. The number of benzene rings is 1. The minimum Gasteiger partial charge on any atom is -0.497 e. The third-order valence-electron chi connectivity index (χ3n) is 3.26. The number of hydrogen-bond acceptors (Lipinski definition) is 4. The minimum absolute atomic E-state index is 0.106. The number of ether oxygens (including phenoxy) is 2. The van der Waals surface area contributed by atoms with E-state index in [1.54, 1.807) is 50.7 Å². The van der Waals surface area contributed by atoms with Crippen molar-refractivity contribution in [3.8, 4) is 11.5 Å². The van der Waals surface area contributed by atoms with Gasteiger partial charge in [0.15, 0.2) is 0 Å². The number of ketones is 1. The molecule has 0 spiro atoms. The van der Waals surface area contributed by atoms with E-state index in [1.807, 2.05) is 6.07 Å². The maximum absolute atomic E-state index is 12.5. The Morgan fingerprint density at radius 2 is 1.90 bits per heavy atom. The summed E-state index contributed by atoms with van der Waals surface area (Å²) in [6.07, 6.45) is 1.61. The van der Waals surface area contributed by atoms with E-state index in [9.17, 15) is 4.79 Å². The molecule has 0 fully saturated rings. The number of aromatic amines is 1. The third-order valence-corrected chi connectivity index (χ3v) is 3.26. The number of rotatable bonds is 4. The van der Waals surface area contributed by atoms with Crippen molar-refractivity contribution in [3.05, 3.63) is 53.9 Å². The Hall–Kier alpha value is -2.82. The Bertz CT molecular complexity index is 808. The van der Waals surface area contributed by atoms with Crippen molar-refractivity contribution < 1.29 is 14.3 Å². The lowest BCUT2D eigenvalue weighted by atomic mass is 10.1. The second-order valence-electron chi connectivity index (χ2n) is 4.56. The van der Waals surface area contributed by atoms with Gasteiger partial charge in [-0.25, -0.2) is 4.98 Å². The van der Waals surface area contributed by atoms with Gasteiger partial charge in [-0.15, -0.1) is 0 Å². The highest BCUT2D eigenvalue weighted by molar-refractivity contribution is 6.10. The molecule has 0 atom stereocenters. The van der Waals surface area contributed by atoms with Crippen LogP contribution in [-0.2, 0) is 0 Å². The van der Waals surface area contributed by atoms with Crippen molar-refractivity contribution >= 4 is 16.8 Å². The lowest BCUT2D eigenvalue weighted by Crippen LogP contribution is -2.01. The van der Waals surface area contributed by atoms with Gasteiger partial charge in [0.05, 0.1) is 26.1 Å². The van der Waals surface area contributed by atoms with Crippen LogP contribution in [0, 0.1) is 0 Å². The molecular weight excluding hydrogens is 268 g/mol. The Morgan fingerprint density at radius 1 is 1.10 bits per heavy atom. The standard InChI is InChI=1S/C16H14N2O3/c1-20-12-5-3-4-10(6-12)15(19)14-8-11-7-13(21-2)9-17-16(11)18-14/h3-9H,1-2H3,(H,17,18). The van der Waals surface area contributed by atoms with Gasteiger partial charge in [-0.05, 0) is 24.3 Å². The molecule has 0 radical (unpaired) electrons. The van der Waals surface area contributed by atoms with Crippen molar-refractivity contribution in [1.29, 1.82) is 0 Å². The minimum atomic E-state index is -0.106. The molecule has 0 saturated carbocycles. The lowest BCUT2D eigenvalue weighted by molar-refractivity contribution is 0.103. The molecule has 0 aliphatic heterocycles. The van der Waals surface area contributed by atoms with Gasteiger partial charge in [0.2, 0.25) is 5.78 Å². The summed E-state index contributed by atoms with van der Waals surface area (Å²) >= 11 is 0. The summed E-state index contributed by atoms with van der Waals surface area (Å²) in [4.78, 5) is 19.7. The second kappa shape index (κ2) is 5.28. The second-order valence-corrected chi connectivity index (χ2v) is 4.56. The topological polar surface area (TPSA) is 64.2 Å². The third kappa shape index (κ3) is 2.45. The number of nitrogens with one attached hydrogen (secondary N) is 1. The summed E-state index contributed by atoms with van der Waals surface area (Å²) in [5, 5.41) is 0.834. The number of methoxy groups -OCH3 is 2. The Balaban J connectivity index is 2.00. The SMILES string of the molecule is COc1cccc(C(=O)c2cc3cc(OC)cnc3[nH]2)c1. The molecule has 0 unspecified atom stereocenters. The van der Waals surface area contributed by atoms with E-state index in [4.69, 9.17) is 9.47 Å². The largest absolute Gasteiger partial charge is 0.497 e. The molecule has 1 aromatic carbocycles. The molecule has 0 aliphatic carbocycles. The average Bonchev–Trinajstić information content (AvgIpc) is 2.97. The molecule has 21 heavy (non-hydrogen) atoms. The number of carbonyl (C=O) groups excluding carboxylic acids is 1. The number of fused-ring (bicyclic) bond motifs is 1. The van der Waals surface area contributed by atoms with Gasteiger partial charge in [0, 0.05) is 10.9 Å². The molecule has 0 saturated heterocycles. The Kier molecular flexibility index (Phi) is 3.31. The van der Waals surface area contributed by atoms with Gasteiger partial charge < -0.3 is 14.5 Å². The molecule has 2 aromatic heterocycles. The van der Waals surface area contributed by atoms with Crippen LogP contribution in [0.15, 0.2) is 42.6 Å². The normalized spacial score (nSPS) is 10.6. The maximum atomic E-state index is 12.5. The van der Waals surface area contributed by atoms with E-state index >= 15 is 0 Å². The molecule has 106 valence electrons. The van der Waals surface area contributed by atoms with Crippen LogP contribution in [0.2, 0.25) is 0 Å². The quantitative estimate of drug-likeness (QED) is 0.747. The number of pyridine rings is 1. The van der Waals surface area contributed by atoms with Gasteiger partial charge in [-0.1, -0.05) is 12.1 Å². The summed E-state index contributed by atoms with van der Waals surface area (Å²) in [6.45, 7) is 0. The number of aromatic nitrogens is 2. The molecule has 5 heteroatoms. The Morgan fingerprint density at radius 3 is 2.67 bits per heavy atom. The Labute approximate surface area is 121 Å². The van der Waals surface area contributed by atoms with E-state index in [-0.39, 0.29) is 5.78 Å². The van der Waals surface area contributed by atoms with Crippen LogP contribution >= 0.6 is 0 Å². The maximum Gasteiger partial charge on any atom is 0.209 e. The van der Waals surface area contributed by atoms with Gasteiger partial charge in [-0.3, -0.25) is 4.79 Å². The molecule has 5 nitrogen and oxygen atoms in total. The van der Waals surface area contributed by atoms with Gasteiger partial charge in [0.1, 0.15) is 17.1 Å². The highest BCUT2D eigenvalue weighted by atomic mass is 16.5. The van der Waals surface area contributed by atoms with Crippen LogP contribution in [0.5, 0.6) is 11.5 Å². The smallest absolute Gasteiger partial charge is 0.209 e. The van der Waals surface area contributed by atoms with E-state index in [0.717, 1.165) is 5.39 Å². The van der Waals surface area contributed by atoms with Crippen molar-refractivity contribution in [2.24, 2.45) is 0 Å². The monoisotopic (exact) mass is 282 g/mol. The fourth-order valence-electron chi connectivity index (χ4n) is 2.15. The summed E-state index contributed by atoms with van der Waals surface area (Å²) < 4.78 is 10.3. The predicted octanol–water partition coefficient (Wildman–Crippen LogP) is 2.81. The van der Waals surface area contributed by atoms with E-state index in [0.29, 0.717) is 28.4 Å². The first-order chi connectivity index (χ1) is 10.2. The average molecular weight is 282 g/mol. The number of hydrogen-bond donors (Lipinski definition) is 1. The number of nitrogens with zero attached hydrogens (tertiary/aromatic N) is 1.